The molecule has 1 aliphatic rings. The molecule has 26 heavy (non-hydrogen) atoms. The van der Waals surface area contributed by atoms with E-state index in [1.165, 1.54) is 0 Å². The number of rotatable bonds is 5. The highest BCUT2D eigenvalue weighted by Crippen LogP contribution is 2.25. The average molecular weight is 354 g/mol. The molecule has 3 rings (SSSR count). The lowest BCUT2D eigenvalue weighted by atomic mass is 10.0. The van der Waals surface area contributed by atoms with Gasteiger partial charge in [-0.3, -0.25) is 4.79 Å². The van der Waals surface area contributed by atoms with Crippen LogP contribution < -0.4 is 16.0 Å². The largest absolute Gasteiger partial charge is 0.445 e. The van der Waals surface area contributed by atoms with Gasteiger partial charge in [-0.1, -0.05) is 30.3 Å². The summed E-state index contributed by atoms with van der Waals surface area (Å²) in [5, 5.41) is 2.91. The van der Waals surface area contributed by atoms with E-state index in [1.54, 1.807) is 12.3 Å². The van der Waals surface area contributed by atoms with E-state index in [4.69, 9.17) is 10.5 Å². The Morgan fingerprint density at radius 1 is 1.27 bits per heavy atom. The fourth-order valence-corrected chi connectivity index (χ4v) is 3.07. The Kier molecular flexibility index (Phi) is 5.68. The number of anilines is 2. The number of hydrogen-bond donors (Lipinski definition) is 2. The van der Waals surface area contributed by atoms with Crippen LogP contribution in [0.4, 0.5) is 16.3 Å². The molecule has 0 bridgehead atoms. The summed E-state index contributed by atoms with van der Waals surface area (Å²) >= 11 is 0. The molecular weight excluding hydrogens is 332 g/mol. The van der Waals surface area contributed by atoms with E-state index in [0.717, 1.165) is 30.4 Å². The summed E-state index contributed by atoms with van der Waals surface area (Å²) in [6.07, 6.45) is 3.46. The van der Waals surface area contributed by atoms with Crippen LogP contribution in [-0.2, 0) is 11.3 Å². The molecule has 0 saturated carbocycles. The van der Waals surface area contributed by atoms with E-state index in [0.29, 0.717) is 18.7 Å². The van der Waals surface area contributed by atoms with Gasteiger partial charge in [0.25, 0.3) is 0 Å². The molecule has 1 fully saturated rings. The summed E-state index contributed by atoms with van der Waals surface area (Å²) in [7, 11) is 0. The number of nitrogen functional groups attached to an aromatic ring is 1. The third-order valence-electron chi connectivity index (χ3n) is 4.49. The zero-order valence-corrected chi connectivity index (χ0v) is 14.4. The second-order valence-corrected chi connectivity index (χ2v) is 6.21. The molecule has 0 radical (unpaired) electrons. The number of nitrogens with one attached hydrogen (secondary N) is 1. The first-order valence-corrected chi connectivity index (χ1v) is 8.59. The monoisotopic (exact) mass is 354 g/mol. The highest BCUT2D eigenvalue weighted by molar-refractivity contribution is 5.90. The first-order valence-electron chi connectivity index (χ1n) is 8.59. The lowest BCUT2D eigenvalue weighted by Gasteiger charge is -2.34. The van der Waals surface area contributed by atoms with Crippen LogP contribution in [-0.4, -0.2) is 36.5 Å². The van der Waals surface area contributed by atoms with Crippen molar-refractivity contribution in [3.63, 3.8) is 0 Å². The summed E-state index contributed by atoms with van der Waals surface area (Å²) in [6, 6.07) is 11.4. The van der Waals surface area contributed by atoms with Crippen molar-refractivity contribution >= 4 is 23.9 Å². The third kappa shape index (κ3) is 4.30. The van der Waals surface area contributed by atoms with E-state index < -0.39 is 6.09 Å². The van der Waals surface area contributed by atoms with Crippen molar-refractivity contribution in [1.29, 1.82) is 0 Å². The maximum Gasteiger partial charge on any atom is 0.407 e. The zero-order valence-electron chi connectivity index (χ0n) is 14.4. The van der Waals surface area contributed by atoms with E-state index >= 15 is 0 Å². The van der Waals surface area contributed by atoms with Crippen molar-refractivity contribution in [3.8, 4) is 0 Å². The number of hydrogen-bond acceptors (Lipinski definition) is 6. The number of benzene rings is 1. The second-order valence-electron chi connectivity index (χ2n) is 6.21. The minimum atomic E-state index is -0.408. The van der Waals surface area contributed by atoms with Gasteiger partial charge in [0, 0.05) is 25.3 Å². The van der Waals surface area contributed by atoms with E-state index in [9.17, 15) is 9.59 Å². The number of nitrogens with two attached hydrogens (primary N) is 1. The van der Waals surface area contributed by atoms with Crippen LogP contribution in [0.15, 0.2) is 42.6 Å². The Hall–Kier alpha value is -3.09. The standard InChI is InChI=1S/C19H22N4O3/c20-18-16(12-24)17(6-9-21-18)23-10-7-15(8-11-23)22-19(25)26-13-14-4-2-1-3-5-14/h1-6,9,12,15H,7-8,10-11,13H2,(H2,20,21)(H,22,25). The van der Waals surface area contributed by atoms with Crippen molar-refractivity contribution in [1.82, 2.24) is 10.3 Å². The number of ether oxygens (including phenoxy) is 1. The highest BCUT2D eigenvalue weighted by atomic mass is 16.5. The molecule has 0 aliphatic carbocycles. The molecule has 1 aromatic carbocycles. The third-order valence-corrected chi connectivity index (χ3v) is 4.49. The molecule has 1 saturated heterocycles. The van der Waals surface area contributed by atoms with Gasteiger partial charge in [0.15, 0.2) is 6.29 Å². The number of aldehydes is 1. The topological polar surface area (TPSA) is 97.6 Å². The van der Waals surface area contributed by atoms with Crippen LogP contribution in [0.2, 0.25) is 0 Å². The number of aromatic nitrogens is 1. The first kappa shape index (κ1) is 17.7. The minimum absolute atomic E-state index is 0.0494. The normalized spacial score (nSPS) is 14.7. The van der Waals surface area contributed by atoms with Crippen LogP contribution in [0.1, 0.15) is 28.8 Å². The van der Waals surface area contributed by atoms with Crippen molar-refractivity contribution in [2.75, 3.05) is 23.7 Å². The number of alkyl carbamates (subject to hydrolysis) is 1. The lowest BCUT2D eigenvalue weighted by molar-refractivity contribution is 0.112. The Morgan fingerprint density at radius 3 is 2.69 bits per heavy atom. The number of amides is 1. The molecule has 3 N–H and O–H groups in total. The maximum absolute atomic E-state index is 12.0. The molecule has 0 atom stereocenters. The quantitative estimate of drug-likeness (QED) is 0.800. The molecule has 7 nitrogen and oxygen atoms in total. The lowest BCUT2D eigenvalue weighted by Crippen LogP contribution is -2.45. The van der Waals surface area contributed by atoms with Gasteiger partial charge >= 0.3 is 6.09 Å². The molecule has 2 heterocycles. The molecule has 2 aromatic rings. The molecule has 7 heteroatoms. The van der Waals surface area contributed by atoms with Gasteiger partial charge < -0.3 is 20.7 Å². The van der Waals surface area contributed by atoms with Crippen LogP contribution in [0, 0.1) is 0 Å². The van der Waals surface area contributed by atoms with Gasteiger partial charge in [-0.15, -0.1) is 0 Å². The Bertz CT molecular complexity index is 759. The van der Waals surface area contributed by atoms with Crippen LogP contribution in [0.5, 0.6) is 0 Å². The number of piperidine rings is 1. The van der Waals surface area contributed by atoms with Gasteiger partial charge in [0.05, 0.1) is 11.3 Å². The van der Waals surface area contributed by atoms with Gasteiger partial charge in [0.1, 0.15) is 12.4 Å². The molecule has 136 valence electrons. The summed E-state index contributed by atoms with van der Waals surface area (Å²) in [6.45, 7) is 1.69. The Labute approximate surface area is 152 Å². The fourth-order valence-electron chi connectivity index (χ4n) is 3.07. The average Bonchev–Trinajstić information content (AvgIpc) is 2.67. The van der Waals surface area contributed by atoms with Crippen molar-refractivity contribution < 1.29 is 14.3 Å². The van der Waals surface area contributed by atoms with Gasteiger partial charge in [-0.2, -0.15) is 0 Å². The van der Waals surface area contributed by atoms with Crippen LogP contribution >= 0.6 is 0 Å². The molecule has 0 unspecified atom stereocenters. The second kappa shape index (κ2) is 8.33. The van der Waals surface area contributed by atoms with Gasteiger partial charge in [0.2, 0.25) is 0 Å². The summed E-state index contributed by atoms with van der Waals surface area (Å²) in [5.41, 5.74) is 7.93. The molecule has 0 spiro atoms. The minimum Gasteiger partial charge on any atom is -0.445 e. The van der Waals surface area contributed by atoms with Gasteiger partial charge in [-0.05, 0) is 24.5 Å². The van der Waals surface area contributed by atoms with Crippen molar-refractivity contribution in [2.24, 2.45) is 0 Å². The zero-order chi connectivity index (χ0) is 18.4. The van der Waals surface area contributed by atoms with Crippen molar-refractivity contribution in [3.05, 3.63) is 53.7 Å². The number of carbonyl (C=O) groups is 2. The Morgan fingerprint density at radius 2 is 2.00 bits per heavy atom. The van der Waals surface area contributed by atoms with Gasteiger partial charge in [-0.25, -0.2) is 9.78 Å². The van der Waals surface area contributed by atoms with E-state index in [-0.39, 0.29) is 18.5 Å². The van der Waals surface area contributed by atoms with E-state index in [1.807, 2.05) is 30.3 Å². The molecule has 1 amide bonds. The van der Waals surface area contributed by atoms with E-state index in [2.05, 4.69) is 15.2 Å². The van der Waals surface area contributed by atoms with Crippen LogP contribution in [0.25, 0.3) is 0 Å². The van der Waals surface area contributed by atoms with Crippen molar-refractivity contribution in [2.45, 2.75) is 25.5 Å². The number of nitrogens with zero attached hydrogens (tertiary/aromatic N) is 2. The van der Waals surface area contributed by atoms with Crippen LogP contribution in [0.3, 0.4) is 0 Å². The molecule has 1 aromatic heterocycles. The first-order chi connectivity index (χ1) is 12.7. The highest BCUT2D eigenvalue weighted by Gasteiger charge is 2.23. The number of carbonyl (C=O) groups excluding carboxylic acids is 2. The number of pyridine rings is 1. The summed E-state index contributed by atoms with van der Waals surface area (Å²) in [5.74, 6) is 0.238. The smallest absolute Gasteiger partial charge is 0.407 e. The SMILES string of the molecule is Nc1nccc(N2CCC(NC(=O)OCc3ccccc3)CC2)c1C=O. The Balaban J connectivity index is 1.49. The molecule has 1 aliphatic heterocycles. The summed E-state index contributed by atoms with van der Waals surface area (Å²) in [4.78, 5) is 29.3. The maximum atomic E-state index is 12.0. The fraction of sp³-hybridized carbons (Fsp3) is 0.316. The summed E-state index contributed by atoms with van der Waals surface area (Å²) < 4.78 is 5.26. The predicted molar refractivity (Wildman–Crippen MR) is 99.0 cm³/mol. The molecular formula is C19H22N4O3. The predicted octanol–water partition coefficient (Wildman–Crippen LogP) is 2.37.